The molecule has 0 aromatic carbocycles. The molecule has 0 saturated carbocycles. The molecule has 2 rings (SSSR count). The summed E-state index contributed by atoms with van der Waals surface area (Å²) in [5.41, 5.74) is 1.25. The van der Waals surface area contributed by atoms with E-state index in [2.05, 4.69) is 51.1 Å². The first-order valence-electron chi connectivity index (χ1n) is 6.64. The number of aromatic nitrogens is 3. The Morgan fingerprint density at radius 1 is 1.33 bits per heavy atom. The molecule has 112 valence electrons. The highest BCUT2D eigenvalue weighted by molar-refractivity contribution is 5.95. The number of nitrogens with zero attached hydrogens (tertiary/aromatic N) is 3. The smallest absolute Gasteiger partial charge is 0.251 e. The zero-order valence-electron chi connectivity index (χ0n) is 12.6. The fourth-order valence-corrected chi connectivity index (χ4v) is 1.71. The van der Waals surface area contributed by atoms with Gasteiger partial charge in [0.2, 0.25) is 6.39 Å². The fourth-order valence-electron chi connectivity index (χ4n) is 1.71. The van der Waals surface area contributed by atoms with Crippen LogP contribution in [0.5, 0.6) is 0 Å². The summed E-state index contributed by atoms with van der Waals surface area (Å²) in [5, 5.41) is 9.37. The second-order valence-corrected chi connectivity index (χ2v) is 5.66. The number of rotatable bonds is 4. The average molecular weight is 289 g/mol. The largest absolute Gasteiger partial charge is 0.373 e. The van der Waals surface area contributed by atoms with Gasteiger partial charge < -0.3 is 15.2 Å². The van der Waals surface area contributed by atoms with E-state index in [-0.39, 0.29) is 17.9 Å². The highest BCUT2D eigenvalue weighted by Crippen LogP contribution is 2.23. The van der Waals surface area contributed by atoms with Gasteiger partial charge in [-0.15, -0.1) is 0 Å². The molecule has 21 heavy (non-hydrogen) atoms. The van der Waals surface area contributed by atoms with Crippen molar-refractivity contribution in [3.8, 4) is 0 Å². The highest BCUT2D eigenvalue weighted by atomic mass is 16.5. The lowest BCUT2D eigenvalue weighted by atomic mass is 9.90. The van der Waals surface area contributed by atoms with E-state index in [1.165, 1.54) is 6.39 Å². The molecular weight excluding hydrogens is 270 g/mol. The molecule has 2 aromatic rings. The van der Waals surface area contributed by atoms with E-state index in [0.717, 1.165) is 5.69 Å². The minimum absolute atomic E-state index is 0.143. The summed E-state index contributed by atoms with van der Waals surface area (Å²) in [6.45, 7) is 6.37. The van der Waals surface area contributed by atoms with Crippen LogP contribution in [0, 0.1) is 0 Å². The summed E-state index contributed by atoms with van der Waals surface area (Å²) >= 11 is 0. The van der Waals surface area contributed by atoms with Gasteiger partial charge in [-0.3, -0.25) is 4.79 Å². The lowest BCUT2D eigenvalue weighted by Gasteiger charge is -2.19. The van der Waals surface area contributed by atoms with E-state index in [1.54, 1.807) is 19.2 Å². The Bertz CT molecular complexity index is 617. The van der Waals surface area contributed by atoms with E-state index in [4.69, 9.17) is 0 Å². The molecule has 0 aliphatic heterocycles. The van der Waals surface area contributed by atoms with Gasteiger partial charge in [0, 0.05) is 23.7 Å². The summed E-state index contributed by atoms with van der Waals surface area (Å²) < 4.78 is 4.62. The number of carbonyl (C=O) groups excluding carboxylic acids is 1. The number of anilines is 1. The molecule has 2 aromatic heterocycles. The van der Waals surface area contributed by atoms with Gasteiger partial charge >= 0.3 is 0 Å². The molecule has 7 heteroatoms. The SMILES string of the molecule is CNc1cc(C(=O)NCc2ncon2)cc(C(C)(C)C)n1. The van der Waals surface area contributed by atoms with Crippen molar-refractivity contribution in [1.29, 1.82) is 0 Å². The summed E-state index contributed by atoms with van der Waals surface area (Å²) in [6.07, 6.45) is 1.23. The van der Waals surface area contributed by atoms with Crippen molar-refractivity contribution in [2.45, 2.75) is 32.7 Å². The highest BCUT2D eigenvalue weighted by Gasteiger charge is 2.19. The van der Waals surface area contributed by atoms with Gasteiger partial charge in [-0.25, -0.2) is 4.98 Å². The standard InChI is InChI=1S/C14H19N5O2/c1-14(2,3)10-5-9(6-11(15-4)18-10)13(20)16-7-12-17-8-21-19-12/h5-6,8H,7H2,1-4H3,(H,15,18)(H,16,20). The third-order valence-electron chi connectivity index (χ3n) is 2.93. The first kappa shape index (κ1) is 15.0. The maximum absolute atomic E-state index is 12.2. The second kappa shape index (κ2) is 5.90. The van der Waals surface area contributed by atoms with Crippen molar-refractivity contribution in [2.24, 2.45) is 0 Å². The second-order valence-electron chi connectivity index (χ2n) is 5.66. The molecule has 0 fully saturated rings. The van der Waals surface area contributed by atoms with Crippen molar-refractivity contribution < 1.29 is 9.32 Å². The van der Waals surface area contributed by atoms with Gasteiger partial charge in [-0.2, -0.15) is 4.98 Å². The lowest BCUT2D eigenvalue weighted by molar-refractivity contribution is 0.0949. The zero-order chi connectivity index (χ0) is 15.5. The first-order chi connectivity index (χ1) is 9.90. The third-order valence-corrected chi connectivity index (χ3v) is 2.93. The van der Waals surface area contributed by atoms with Crippen molar-refractivity contribution in [3.63, 3.8) is 0 Å². The van der Waals surface area contributed by atoms with E-state index in [9.17, 15) is 4.79 Å². The van der Waals surface area contributed by atoms with Crippen molar-refractivity contribution in [2.75, 3.05) is 12.4 Å². The van der Waals surface area contributed by atoms with Gasteiger partial charge in [0.1, 0.15) is 5.82 Å². The molecule has 0 aliphatic rings. The molecule has 0 bridgehead atoms. The zero-order valence-corrected chi connectivity index (χ0v) is 12.6. The quantitative estimate of drug-likeness (QED) is 0.890. The van der Waals surface area contributed by atoms with Crippen LogP contribution in [0.15, 0.2) is 23.0 Å². The molecule has 0 unspecified atom stereocenters. The number of hydrogen-bond acceptors (Lipinski definition) is 6. The summed E-state index contributed by atoms with van der Waals surface area (Å²) in [4.78, 5) is 20.6. The summed E-state index contributed by atoms with van der Waals surface area (Å²) in [6, 6.07) is 3.51. The molecule has 0 aliphatic carbocycles. The number of pyridine rings is 1. The normalized spacial score (nSPS) is 11.2. The topological polar surface area (TPSA) is 92.9 Å². The number of amides is 1. The van der Waals surface area contributed by atoms with Crippen LogP contribution in [0.4, 0.5) is 5.82 Å². The Hall–Kier alpha value is -2.44. The predicted octanol–water partition coefficient (Wildman–Crippen LogP) is 1.73. The van der Waals surface area contributed by atoms with Crippen LogP contribution in [-0.2, 0) is 12.0 Å². The molecule has 7 nitrogen and oxygen atoms in total. The fraction of sp³-hybridized carbons (Fsp3) is 0.429. The van der Waals surface area contributed by atoms with Gasteiger partial charge in [0.25, 0.3) is 5.91 Å². The molecule has 2 N–H and O–H groups in total. The molecule has 0 radical (unpaired) electrons. The van der Waals surface area contributed by atoms with E-state index < -0.39 is 0 Å². The molecule has 0 saturated heterocycles. The maximum atomic E-state index is 12.2. The minimum Gasteiger partial charge on any atom is -0.373 e. The van der Waals surface area contributed by atoms with E-state index in [0.29, 0.717) is 17.2 Å². The van der Waals surface area contributed by atoms with Gasteiger partial charge in [0.15, 0.2) is 5.82 Å². The van der Waals surface area contributed by atoms with Crippen LogP contribution in [0.1, 0.15) is 42.6 Å². The summed E-state index contributed by atoms with van der Waals surface area (Å²) in [5.74, 6) is 0.888. The van der Waals surface area contributed by atoms with Gasteiger partial charge in [0.05, 0.1) is 6.54 Å². The summed E-state index contributed by atoms with van der Waals surface area (Å²) in [7, 11) is 1.77. The van der Waals surface area contributed by atoms with Crippen LogP contribution in [0.3, 0.4) is 0 Å². The lowest BCUT2D eigenvalue weighted by Crippen LogP contribution is -2.25. The van der Waals surface area contributed by atoms with Crippen LogP contribution in [0.25, 0.3) is 0 Å². The van der Waals surface area contributed by atoms with E-state index >= 15 is 0 Å². The average Bonchev–Trinajstić information content (AvgIpc) is 2.96. The van der Waals surface area contributed by atoms with Crippen LogP contribution < -0.4 is 10.6 Å². The third kappa shape index (κ3) is 3.77. The van der Waals surface area contributed by atoms with Gasteiger partial charge in [-0.1, -0.05) is 25.9 Å². The minimum atomic E-state index is -0.204. The molecule has 1 amide bonds. The monoisotopic (exact) mass is 289 g/mol. The van der Waals surface area contributed by atoms with Crippen molar-refractivity contribution >= 4 is 11.7 Å². The maximum Gasteiger partial charge on any atom is 0.251 e. The predicted molar refractivity (Wildman–Crippen MR) is 78.0 cm³/mol. The Morgan fingerprint density at radius 3 is 2.67 bits per heavy atom. The number of nitrogens with one attached hydrogen (secondary N) is 2. The van der Waals surface area contributed by atoms with Crippen LogP contribution in [0.2, 0.25) is 0 Å². The Morgan fingerprint density at radius 2 is 2.10 bits per heavy atom. The molecule has 2 heterocycles. The Balaban J connectivity index is 2.19. The Labute approximate surface area is 123 Å². The molecule has 0 spiro atoms. The van der Waals surface area contributed by atoms with E-state index in [1.807, 2.05) is 0 Å². The number of carbonyl (C=O) groups is 1. The van der Waals surface area contributed by atoms with Gasteiger partial charge in [-0.05, 0) is 12.1 Å². The molecule has 0 atom stereocenters. The number of hydrogen-bond donors (Lipinski definition) is 2. The van der Waals surface area contributed by atoms with Crippen LogP contribution >= 0.6 is 0 Å². The Kier molecular flexibility index (Phi) is 4.21. The first-order valence-corrected chi connectivity index (χ1v) is 6.64. The molecular formula is C14H19N5O2. The van der Waals surface area contributed by atoms with Crippen molar-refractivity contribution in [3.05, 3.63) is 35.6 Å². The van der Waals surface area contributed by atoms with Crippen molar-refractivity contribution in [1.82, 2.24) is 20.4 Å². The van der Waals surface area contributed by atoms with Crippen LogP contribution in [-0.4, -0.2) is 28.1 Å².